The minimum absolute atomic E-state index is 0.0207. The molecular weight excluding hydrogens is 204 g/mol. The van der Waals surface area contributed by atoms with E-state index < -0.39 is 5.97 Å². The van der Waals surface area contributed by atoms with Gasteiger partial charge in [-0.2, -0.15) is 0 Å². The molecule has 1 aromatic rings. The second-order valence-electron chi connectivity index (χ2n) is 4.59. The van der Waals surface area contributed by atoms with Crippen molar-refractivity contribution in [3.63, 3.8) is 0 Å². The standard InChI is InChI=1S/C13H18O3/c1-10-12(2,3)16-13(14-4,15-10)11-8-6-5-7-9-11/h5-10H,1-4H3/t10-,13?/m0/s1. The maximum atomic E-state index is 5.94. The van der Waals surface area contributed by atoms with Gasteiger partial charge in [-0.05, 0) is 20.8 Å². The zero-order chi connectivity index (χ0) is 11.8. The SMILES string of the molecule is COC1(c2ccccc2)O[C@@H](C)C(C)(C)O1. The number of rotatable bonds is 2. The van der Waals surface area contributed by atoms with E-state index in [2.05, 4.69) is 0 Å². The Morgan fingerprint density at radius 3 is 2.25 bits per heavy atom. The van der Waals surface area contributed by atoms with Crippen molar-refractivity contribution in [2.24, 2.45) is 0 Å². The van der Waals surface area contributed by atoms with Crippen molar-refractivity contribution in [2.45, 2.75) is 38.4 Å². The van der Waals surface area contributed by atoms with Gasteiger partial charge in [-0.25, -0.2) is 0 Å². The minimum Gasteiger partial charge on any atom is -0.327 e. The molecule has 1 heterocycles. The van der Waals surface area contributed by atoms with Gasteiger partial charge in [0.2, 0.25) is 0 Å². The van der Waals surface area contributed by atoms with Crippen LogP contribution in [0.25, 0.3) is 0 Å². The summed E-state index contributed by atoms with van der Waals surface area (Å²) in [6, 6.07) is 9.73. The second-order valence-corrected chi connectivity index (χ2v) is 4.59. The first-order valence-electron chi connectivity index (χ1n) is 5.49. The molecule has 1 aromatic carbocycles. The van der Waals surface area contributed by atoms with Gasteiger partial charge in [0.1, 0.15) is 0 Å². The van der Waals surface area contributed by atoms with Crippen LogP contribution >= 0.6 is 0 Å². The van der Waals surface area contributed by atoms with E-state index in [1.54, 1.807) is 7.11 Å². The highest BCUT2D eigenvalue weighted by atomic mass is 16.9. The second kappa shape index (κ2) is 3.84. The summed E-state index contributed by atoms with van der Waals surface area (Å²) in [4.78, 5) is 0. The van der Waals surface area contributed by atoms with Crippen LogP contribution in [0.4, 0.5) is 0 Å². The molecule has 2 atom stereocenters. The molecule has 88 valence electrons. The highest BCUT2D eigenvalue weighted by Gasteiger charge is 2.52. The summed E-state index contributed by atoms with van der Waals surface area (Å²) in [5, 5.41) is 0. The molecule has 2 rings (SSSR count). The molecular formula is C13H18O3. The molecule has 0 aliphatic carbocycles. The van der Waals surface area contributed by atoms with Crippen LogP contribution in [0.15, 0.2) is 30.3 Å². The summed E-state index contributed by atoms with van der Waals surface area (Å²) in [6.07, 6.45) is -0.0207. The first-order valence-corrected chi connectivity index (χ1v) is 5.49. The van der Waals surface area contributed by atoms with Crippen LogP contribution in [0.2, 0.25) is 0 Å². The Hall–Kier alpha value is -0.900. The van der Waals surface area contributed by atoms with E-state index in [9.17, 15) is 0 Å². The zero-order valence-corrected chi connectivity index (χ0v) is 10.2. The number of hydrogen-bond donors (Lipinski definition) is 0. The van der Waals surface area contributed by atoms with Gasteiger partial charge >= 0.3 is 5.97 Å². The highest BCUT2D eigenvalue weighted by molar-refractivity contribution is 5.19. The molecule has 1 saturated heterocycles. The Labute approximate surface area is 96.3 Å². The van der Waals surface area contributed by atoms with E-state index >= 15 is 0 Å². The number of methoxy groups -OCH3 is 1. The van der Waals surface area contributed by atoms with Crippen LogP contribution < -0.4 is 0 Å². The van der Waals surface area contributed by atoms with Gasteiger partial charge in [0.05, 0.1) is 11.7 Å². The first-order chi connectivity index (χ1) is 7.50. The maximum absolute atomic E-state index is 5.94. The Balaban J connectivity index is 2.37. The average Bonchev–Trinajstić information content (AvgIpc) is 2.52. The molecule has 0 saturated carbocycles. The van der Waals surface area contributed by atoms with Gasteiger partial charge in [-0.1, -0.05) is 30.3 Å². The number of benzene rings is 1. The van der Waals surface area contributed by atoms with Gasteiger partial charge < -0.3 is 14.2 Å². The minimum atomic E-state index is -1.07. The largest absolute Gasteiger partial charge is 0.327 e. The average molecular weight is 222 g/mol. The molecule has 0 spiro atoms. The van der Waals surface area contributed by atoms with E-state index in [0.29, 0.717) is 0 Å². The predicted octanol–water partition coefficient (Wildman–Crippen LogP) is 2.66. The molecule has 3 heteroatoms. The molecule has 0 amide bonds. The smallest absolute Gasteiger partial charge is 0.312 e. The number of hydrogen-bond acceptors (Lipinski definition) is 3. The molecule has 0 bridgehead atoms. The monoisotopic (exact) mass is 222 g/mol. The van der Waals surface area contributed by atoms with Gasteiger partial charge in [-0.15, -0.1) is 0 Å². The van der Waals surface area contributed by atoms with Crippen molar-refractivity contribution in [2.75, 3.05) is 7.11 Å². The fraction of sp³-hybridized carbons (Fsp3) is 0.538. The van der Waals surface area contributed by atoms with Gasteiger partial charge in [-0.3, -0.25) is 0 Å². The molecule has 0 radical (unpaired) electrons. The van der Waals surface area contributed by atoms with E-state index in [1.807, 2.05) is 51.1 Å². The van der Waals surface area contributed by atoms with Gasteiger partial charge in [0.25, 0.3) is 0 Å². The van der Waals surface area contributed by atoms with Crippen LogP contribution in [0.5, 0.6) is 0 Å². The fourth-order valence-corrected chi connectivity index (χ4v) is 1.80. The molecule has 1 aliphatic rings. The van der Waals surface area contributed by atoms with Crippen molar-refractivity contribution in [1.82, 2.24) is 0 Å². The lowest BCUT2D eigenvalue weighted by molar-refractivity contribution is -0.348. The van der Waals surface area contributed by atoms with Crippen LogP contribution in [0.3, 0.4) is 0 Å². The van der Waals surface area contributed by atoms with Crippen molar-refractivity contribution < 1.29 is 14.2 Å². The third-order valence-corrected chi connectivity index (χ3v) is 3.10. The van der Waals surface area contributed by atoms with Crippen molar-refractivity contribution >= 4 is 0 Å². The Kier molecular flexibility index (Phi) is 2.78. The first kappa shape index (κ1) is 11.6. The molecule has 0 aromatic heterocycles. The van der Waals surface area contributed by atoms with E-state index in [-0.39, 0.29) is 11.7 Å². The molecule has 1 aliphatic heterocycles. The molecule has 3 nitrogen and oxygen atoms in total. The highest BCUT2D eigenvalue weighted by Crippen LogP contribution is 2.43. The maximum Gasteiger partial charge on any atom is 0.312 e. The summed E-state index contributed by atoms with van der Waals surface area (Å²) in [7, 11) is 1.60. The van der Waals surface area contributed by atoms with Crippen molar-refractivity contribution in [1.29, 1.82) is 0 Å². The summed E-state index contributed by atoms with van der Waals surface area (Å²) in [5.41, 5.74) is 0.529. The van der Waals surface area contributed by atoms with E-state index in [0.717, 1.165) is 5.56 Å². The van der Waals surface area contributed by atoms with Crippen LogP contribution in [0, 0.1) is 0 Å². The van der Waals surface area contributed by atoms with Crippen LogP contribution in [-0.4, -0.2) is 18.8 Å². The quantitative estimate of drug-likeness (QED) is 0.770. The Morgan fingerprint density at radius 2 is 1.81 bits per heavy atom. The fourth-order valence-electron chi connectivity index (χ4n) is 1.80. The van der Waals surface area contributed by atoms with Crippen molar-refractivity contribution in [3.8, 4) is 0 Å². The van der Waals surface area contributed by atoms with Gasteiger partial charge in [0, 0.05) is 12.7 Å². The predicted molar refractivity (Wildman–Crippen MR) is 60.8 cm³/mol. The van der Waals surface area contributed by atoms with Gasteiger partial charge in [0.15, 0.2) is 0 Å². The lowest BCUT2D eigenvalue weighted by Crippen LogP contribution is -2.33. The lowest BCUT2D eigenvalue weighted by Gasteiger charge is -2.27. The molecule has 16 heavy (non-hydrogen) atoms. The summed E-state index contributed by atoms with van der Waals surface area (Å²) in [5.74, 6) is -1.07. The van der Waals surface area contributed by atoms with Crippen LogP contribution in [0.1, 0.15) is 26.3 Å². The van der Waals surface area contributed by atoms with E-state index in [4.69, 9.17) is 14.2 Å². The molecule has 1 fully saturated rings. The lowest BCUT2D eigenvalue weighted by atomic mass is 10.0. The topological polar surface area (TPSA) is 27.7 Å². The zero-order valence-electron chi connectivity index (χ0n) is 10.2. The number of ether oxygens (including phenoxy) is 3. The molecule has 0 N–H and O–H groups in total. The summed E-state index contributed by atoms with van der Waals surface area (Å²) in [6.45, 7) is 5.99. The van der Waals surface area contributed by atoms with E-state index in [1.165, 1.54) is 0 Å². The Morgan fingerprint density at radius 1 is 1.19 bits per heavy atom. The third-order valence-electron chi connectivity index (χ3n) is 3.10. The molecule has 1 unspecified atom stereocenters. The Bertz CT molecular complexity index is 361. The normalized spacial score (nSPS) is 32.9. The summed E-state index contributed by atoms with van der Waals surface area (Å²) < 4.78 is 17.2. The summed E-state index contributed by atoms with van der Waals surface area (Å²) >= 11 is 0. The van der Waals surface area contributed by atoms with Crippen LogP contribution in [-0.2, 0) is 20.2 Å². The van der Waals surface area contributed by atoms with Crippen molar-refractivity contribution in [3.05, 3.63) is 35.9 Å². The third kappa shape index (κ3) is 1.75.